The Hall–Kier alpha value is -3.45. The van der Waals surface area contributed by atoms with E-state index in [0.717, 1.165) is 32.0 Å². The van der Waals surface area contributed by atoms with Crippen LogP contribution in [-0.4, -0.2) is 24.9 Å². The molecule has 28 heavy (non-hydrogen) atoms. The first-order valence-corrected chi connectivity index (χ1v) is 9.60. The van der Waals surface area contributed by atoms with E-state index in [0.29, 0.717) is 22.6 Å². The molecule has 0 aliphatic rings. The van der Waals surface area contributed by atoms with Gasteiger partial charge in [0.1, 0.15) is 5.69 Å². The molecule has 4 aromatic heterocycles. The van der Waals surface area contributed by atoms with Crippen LogP contribution >= 0.6 is 11.3 Å². The van der Waals surface area contributed by atoms with E-state index in [4.69, 9.17) is 9.97 Å². The van der Waals surface area contributed by atoms with Crippen molar-refractivity contribution in [1.82, 2.24) is 24.9 Å². The summed E-state index contributed by atoms with van der Waals surface area (Å²) in [4.78, 5) is 34.8. The topological polar surface area (TPSA) is 84.4 Å². The molecule has 136 valence electrons. The Morgan fingerprint density at radius 1 is 1.00 bits per heavy atom. The molecule has 0 amide bonds. The minimum atomic E-state index is -0.144. The van der Waals surface area contributed by atoms with Crippen molar-refractivity contribution in [2.75, 3.05) is 0 Å². The van der Waals surface area contributed by atoms with Gasteiger partial charge in [-0.25, -0.2) is 15.0 Å². The fourth-order valence-electron chi connectivity index (χ4n) is 3.25. The summed E-state index contributed by atoms with van der Waals surface area (Å²) in [6.45, 7) is 3.79. The Morgan fingerprint density at radius 3 is 2.71 bits per heavy atom. The number of thiazole rings is 1. The van der Waals surface area contributed by atoms with Crippen LogP contribution in [0.1, 0.15) is 10.7 Å². The molecule has 0 aliphatic carbocycles. The number of aromatic nitrogens is 5. The molecular formula is C21H15N5OS. The second kappa shape index (κ2) is 6.31. The molecule has 0 saturated heterocycles. The molecule has 0 atom stereocenters. The number of nitrogens with zero attached hydrogens (tertiary/aromatic N) is 4. The molecule has 1 N–H and O–H groups in total. The van der Waals surface area contributed by atoms with Gasteiger partial charge in [0.25, 0.3) is 0 Å². The minimum absolute atomic E-state index is 0.144. The zero-order valence-electron chi connectivity index (χ0n) is 15.2. The quantitative estimate of drug-likeness (QED) is 0.490. The van der Waals surface area contributed by atoms with Crippen LogP contribution in [0.5, 0.6) is 0 Å². The average Bonchev–Trinajstić information content (AvgIpc) is 3.13. The Bertz CT molecular complexity index is 1420. The lowest BCUT2D eigenvalue weighted by molar-refractivity contribution is 1.16. The van der Waals surface area contributed by atoms with Gasteiger partial charge in [0.05, 0.1) is 21.1 Å². The Kier molecular flexibility index (Phi) is 3.77. The first kappa shape index (κ1) is 16.7. The third-order valence-corrected chi connectivity index (χ3v) is 5.44. The molecule has 5 aromatic rings. The number of nitrogens with one attached hydrogen (secondary N) is 1. The number of H-pyrrole nitrogens is 1. The van der Waals surface area contributed by atoms with Crippen LogP contribution in [0.25, 0.3) is 43.9 Å². The maximum Gasteiger partial charge on any atom is 0.209 e. The Morgan fingerprint density at radius 2 is 1.89 bits per heavy atom. The van der Waals surface area contributed by atoms with Gasteiger partial charge >= 0.3 is 0 Å². The summed E-state index contributed by atoms with van der Waals surface area (Å²) in [5.41, 5.74) is 4.59. The molecule has 6 nitrogen and oxygen atoms in total. The molecule has 5 rings (SSSR count). The summed E-state index contributed by atoms with van der Waals surface area (Å²) in [5, 5.41) is 1.95. The zero-order chi connectivity index (χ0) is 19.3. The highest BCUT2D eigenvalue weighted by Gasteiger charge is 2.17. The predicted octanol–water partition coefficient (Wildman–Crippen LogP) is 4.27. The van der Waals surface area contributed by atoms with Gasteiger partial charge < -0.3 is 4.98 Å². The van der Waals surface area contributed by atoms with Crippen molar-refractivity contribution in [1.29, 1.82) is 0 Å². The Labute approximate surface area is 164 Å². The van der Waals surface area contributed by atoms with Gasteiger partial charge in [-0.3, -0.25) is 9.78 Å². The van der Waals surface area contributed by atoms with Gasteiger partial charge in [-0.2, -0.15) is 0 Å². The maximum atomic E-state index is 12.5. The van der Waals surface area contributed by atoms with E-state index in [1.54, 1.807) is 29.8 Å². The van der Waals surface area contributed by atoms with Crippen molar-refractivity contribution >= 4 is 33.4 Å². The molecule has 0 unspecified atom stereocenters. The third-order valence-electron chi connectivity index (χ3n) is 4.52. The van der Waals surface area contributed by atoms with Gasteiger partial charge in [-0.15, -0.1) is 11.3 Å². The third kappa shape index (κ3) is 2.76. The summed E-state index contributed by atoms with van der Waals surface area (Å²) in [7, 11) is 0. The summed E-state index contributed by atoms with van der Waals surface area (Å²) < 4.78 is 0. The van der Waals surface area contributed by atoms with Crippen molar-refractivity contribution in [3.8, 4) is 21.8 Å². The number of hydrogen-bond donors (Lipinski definition) is 1. The van der Waals surface area contributed by atoms with E-state index in [1.807, 2.05) is 44.2 Å². The molecule has 0 spiro atoms. The zero-order valence-corrected chi connectivity index (χ0v) is 16.0. The van der Waals surface area contributed by atoms with Gasteiger partial charge in [0.15, 0.2) is 11.2 Å². The summed E-state index contributed by atoms with van der Waals surface area (Å²) in [6.07, 6.45) is 3.57. The van der Waals surface area contributed by atoms with Crippen LogP contribution in [0, 0.1) is 13.8 Å². The van der Waals surface area contributed by atoms with Gasteiger partial charge in [0, 0.05) is 35.1 Å². The number of aromatic amines is 1. The van der Waals surface area contributed by atoms with Crippen LogP contribution in [0.4, 0.5) is 0 Å². The van der Waals surface area contributed by atoms with Gasteiger partial charge in [-0.05, 0) is 32.0 Å². The van der Waals surface area contributed by atoms with E-state index < -0.39 is 0 Å². The van der Waals surface area contributed by atoms with E-state index in [-0.39, 0.29) is 5.43 Å². The first-order valence-electron chi connectivity index (χ1n) is 8.78. The minimum Gasteiger partial charge on any atom is -0.342 e. The molecule has 1 aromatic carbocycles. The number of fused-ring (bicyclic) bond motifs is 2. The van der Waals surface area contributed by atoms with E-state index >= 15 is 0 Å². The molecule has 0 bridgehead atoms. The van der Waals surface area contributed by atoms with Crippen LogP contribution in [-0.2, 0) is 0 Å². The summed E-state index contributed by atoms with van der Waals surface area (Å²) in [5.74, 6) is 0. The smallest absolute Gasteiger partial charge is 0.209 e. The lowest BCUT2D eigenvalue weighted by Gasteiger charge is -2.10. The van der Waals surface area contributed by atoms with Crippen molar-refractivity contribution in [3.63, 3.8) is 0 Å². The predicted molar refractivity (Wildman–Crippen MR) is 111 cm³/mol. The monoisotopic (exact) mass is 385 g/mol. The number of aryl methyl sites for hydroxylation is 2. The fraction of sp³-hybridized carbons (Fsp3) is 0.0952. The standard InChI is InChI=1S/C21H15N5OS/c1-11-8-16(27)19-21(24-11)26-20(17-10-23-12(2)28-17)18(25-19)14-5-6-15-13(9-14)4-3-7-22-15/h3-10H,1-2H3,(H,24,26,27). The van der Waals surface area contributed by atoms with E-state index in [2.05, 4.69) is 15.0 Å². The lowest BCUT2D eigenvalue weighted by Crippen LogP contribution is -2.08. The highest BCUT2D eigenvalue weighted by atomic mass is 32.1. The number of rotatable bonds is 2. The second-order valence-corrected chi connectivity index (χ2v) is 7.82. The molecule has 0 fully saturated rings. The van der Waals surface area contributed by atoms with Crippen molar-refractivity contribution in [3.05, 3.63) is 69.7 Å². The number of benzene rings is 1. The number of pyridine rings is 2. The lowest BCUT2D eigenvalue weighted by atomic mass is 10.1. The molecule has 0 radical (unpaired) electrons. The van der Waals surface area contributed by atoms with E-state index in [9.17, 15) is 4.79 Å². The normalized spacial score (nSPS) is 11.4. The summed E-state index contributed by atoms with van der Waals surface area (Å²) in [6, 6.07) is 11.4. The summed E-state index contributed by atoms with van der Waals surface area (Å²) >= 11 is 1.55. The van der Waals surface area contributed by atoms with Crippen molar-refractivity contribution < 1.29 is 0 Å². The SMILES string of the molecule is Cc1cc(=O)c2nc(-c3ccc4ncccc4c3)c(-c3cnc(C)s3)nc2[nH]1. The molecule has 4 heterocycles. The number of hydrogen-bond acceptors (Lipinski definition) is 6. The molecule has 0 saturated carbocycles. The first-order chi connectivity index (χ1) is 13.6. The van der Waals surface area contributed by atoms with Crippen molar-refractivity contribution in [2.45, 2.75) is 13.8 Å². The van der Waals surface area contributed by atoms with Crippen LogP contribution in [0.3, 0.4) is 0 Å². The van der Waals surface area contributed by atoms with Gasteiger partial charge in [0.2, 0.25) is 5.43 Å². The molecular weight excluding hydrogens is 370 g/mol. The molecule has 0 aliphatic heterocycles. The second-order valence-electron chi connectivity index (χ2n) is 6.59. The molecule has 7 heteroatoms. The van der Waals surface area contributed by atoms with Crippen molar-refractivity contribution in [2.24, 2.45) is 0 Å². The van der Waals surface area contributed by atoms with Crippen LogP contribution in [0.2, 0.25) is 0 Å². The highest BCUT2D eigenvalue weighted by molar-refractivity contribution is 7.15. The maximum absolute atomic E-state index is 12.5. The highest BCUT2D eigenvalue weighted by Crippen LogP contribution is 2.34. The fourth-order valence-corrected chi connectivity index (χ4v) is 4.02. The Balaban J connectivity index is 1.85. The van der Waals surface area contributed by atoms with Gasteiger partial charge in [-0.1, -0.05) is 12.1 Å². The average molecular weight is 385 g/mol. The van der Waals surface area contributed by atoms with E-state index in [1.165, 1.54) is 0 Å². The van der Waals surface area contributed by atoms with Crippen LogP contribution in [0.15, 0.2) is 53.6 Å². The van der Waals surface area contributed by atoms with Crippen LogP contribution < -0.4 is 5.43 Å². The largest absolute Gasteiger partial charge is 0.342 e.